The molecule has 1 amide bonds. The molecular formula is C16H28N2O2S. The fraction of sp³-hybridized carbons (Fsp3) is 0.688. The minimum atomic E-state index is -0.241. The van der Waals surface area contributed by atoms with Gasteiger partial charge in [-0.1, -0.05) is 6.92 Å². The summed E-state index contributed by atoms with van der Waals surface area (Å²) in [5, 5.41) is 12.3. The van der Waals surface area contributed by atoms with Gasteiger partial charge in [-0.3, -0.25) is 9.69 Å². The molecule has 0 radical (unpaired) electrons. The number of hydrogen-bond acceptors (Lipinski definition) is 4. The van der Waals surface area contributed by atoms with Gasteiger partial charge in [0.25, 0.3) is 0 Å². The van der Waals surface area contributed by atoms with Crippen LogP contribution in [0, 0.1) is 6.92 Å². The molecule has 1 atom stereocenters. The lowest BCUT2D eigenvalue weighted by Crippen LogP contribution is -2.52. The largest absolute Gasteiger partial charge is 0.395 e. The number of rotatable bonds is 7. The Hall–Kier alpha value is -0.910. The summed E-state index contributed by atoms with van der Waals surface area (Å²) < 4.78 is 0. The third kappa shape index (κ3) is 6.16. The first-order valence-electron chi connectivity index (χ1n) is 7.49. The molecule has 0 saturated carbocycles. The van der Waals surface area contributed by atoms with Gasteiger partial charge in [-0.05, 0) is 46.2 Å². The normalized spacial score (nSPS) is 13.5. The zero-order valence-electron chi connectivity index (χ0n) is 13.8. The van der Waals surface area contributed by atoms with Crippen LogP contribution in [0.3, 0.4) is 0 Å². The van der Waals surface area contributed by atoms with Gasteiger partial charge in [0.2, 0.25) is 5.91 Å². The molecule has 5 heteroatoms. The Balaban J connectivity index is 2.81. The Kier molecular flexibility index (Phi) is 6.84. The first-order valence-corrected chi connectivity index (χ1v) is 8.30. The van der Waals surface area contributed by atoms with Gasteiger partial charge in [0.05, 0.1) is 12.6 Å². The molecule has 1 aromatic rings. The second kappa shape index (κ2) is 7.92. The van der Waals surface area contributed by atoms with Gasteiger partial charge in [-0.15, -0.1) is 11.3 Å². The van der Waals surface area contributed by atoms with Crippen molar-refractivity contribution in [2.75, 3.05) is 13.2 Å². The summed E-state index contributed by atoms with van der Waals surface area (Å²) in [5.74, 6) is 0.0340. The van der Waals surface area contributed by atoms with E-state index in [1.165, 1.54) is 9.75 Å². The fourth-order valence-electron chi connectivity index (χ4n) is 2.31. The minimum absolute atomic E-state index is 0.0340. The Morgan fingerprint density at radius 1 is 1.43 bits per heavy atom. The molecule has 2 N–H and O–H groups in total. The Labute approximate surface area is 132 Å². The lowest BCUT2D eigenvalue weighted by atomic mass is 10.1. The van der Waals surface area contributed by atoms with Crippen molar-refractivity contribution in [2.24, 2.45) is 0 Å². The summed E-state index contributed by atoms with van der Waals surface area (Å²) in [6, 6.07) is 3.98. The first-order chi connectivity index (χ1) is 9.76. The van der Waals surface area contributed by atoms with Crippen LogP contribution in [0.4, 0.5) is 0 Å². The zero-order valence-corrected chi connectivity index (χ0v) is 14.6. The second-order valence-corrected chi connectivity index (χ2v) is 7.74. The number of carbonyl (C=O) groups is 1. The molecule has 0 bridgehead atoms. The van der Waals surface area contributed by atoms with Crippen molar-refractivity contribution in [2.45, 2.75) is 59.2 Å². The molecule has 0 aliphatic carbocycles. The van der Waals surface area contributed by atoms with Gasteiger partial charge in [-0.25, -0.2) is 0 Å². The van der Waals surface area contributed by atoms with E-state index in [2.05, 4.69) is 29.3 Å². The maximum absolute atomic E-state index is 12.5. The molecule has 0 saturated heterocycles. The zero-order chi connectivity index (χ0) is 16.0. The summed E-state index contributed by atoms with van der Waals surface area (Å²) in [6.07, 6.45) is 0.728. The average Bonchev–Trinajstić information content (AvgIpc) is 2.73. The molecule has 1 heterocycles. The summed E-state index contributed by atoms with van der Waals surface area (Å²) in [7, 11) is 0. The first kappa shape index (κ1) is 18.1. The highest BCUT2D eigenvalue weighted by Gasteiger charge is 2.27. The van der Waals surface area contributed by atoms with Gasteiger partial charge in [0, 0.05) is 28.4 Å². The molecule has 0 aliphatic heterocycles. The standard InChI is InChI=1S/C16H28N2O2S/c1-6-14(15(20)17-16(3,4)5)18(9-10-19)11-13-8-7-12(2)21-13/h7-8,14,19H,6,9-11H2,1-5H3,(H,17,20). The maximum Gasteiger partial charge on any atom is 0.237 e. The minimum Gasteiger partial charge on any atom is -0.395 e. The van der Waals surface area contributed by atoms with E-state index < -0.39 is 0 Å². The van der Waals surface area contributed by atoms with Gasteiger partial charge < -0.3 is 10.4 Å². The van der Waals surface area contributed by atoms with Crippen molar-refractivity contribution in [3.63, 3.8) is 0 Å². The van der Waals surface area contributed by atoms with E-state index in [0.717, 1.165) is 6.42 Å². The van der Waals surface area contributed by atoms with Crippen LogP contribution in [0.5, 0.6) is 0 Å². The molecule has 1 unspecified atom stereocenters. The number of amides is 1. The van der Waals surface area contributed by atoms with Gasteiger partial charge in [0.15, 0.2) is 0 Å². The van der Waals surface area contributed by atoms with Crippen molar-refractivity contribution in [3.05, 3.63) is 21.9 Å². The highest BCUT2D eigenvalue weighted by Crippen LogP contribution is 2.19. The smallest absolute Gasteiger partial charge is 0.237 e. The number of nitrogens with zero attached hydrogens (tertiary/aromatic N) is 1. The van der Waals surface area contributed by atoms with Crippen LogP contribution in [0.1, 0.15) is 43.9 Å². The molecule has 0 aliphatic rings. The number of hydrogen-bond donors (Lipinski definition) is 2. The van der Waals surface area contributed by atoms with Crippen molar-refractivity contribution < 1.29 is 9.90 Å². The lowest BCUT2D eigenvalue weighted by Gasteiger charge is -2.32. The number of aryl methyl sites for hydroxylation is 1. The molecule has 120 valence electrons. The fourth-order valence-corrected chi connectivity index (χ4v) is 3.22. The van der Waals surface area contributed by atoms with Gasteiger partial charge in [-0.2, -0.15) is 0 Å². The summed E-state index contributed by atoms with van der Waals surface area (Å²) in [5.41, 5.74) is -0.241. The van der Waals surface area contributed by atoms with Gasteiger partial charge >= 0.3 is 0 Å². The van der Waals surface area contributed by atoms with E-state index in [0.29, 0.717) is 13.1 Å². The monoisotopic (exact) mass is 312 g/mol. The van der Waals surface area contributed by atoms with E-state index in [4.69, 9.17) is 0 Å². The van der Waals surface area contributed by atoms with Crippen LogP contribution in [0.25, 0.3) is 0 Å². The third-order valence-corrected chi connectivity index (χ3v) is 4.16. The maximum atomic E-state index is 12.5. The van der Waals surface area contributed by atoms with Crippen molar-refractivity contribution in [1.29, 1.82) is 0 Å². The highest BCUT2D eigenvalue weighted by molar-refractivity contribution is 7.11. The SMILES string of the molecule is CCC(C(=O)NC(C)(C)C)N(CCO)Cc1ccc(C)s1. The molecule has 0 fully saturated rings. The number of aliphatic hydroxyl groups is 1. The summed E-state index contributed by atoms with van der Waals surface area (Å²) >= 11 is 1.74. The van der Waals surface area contributed by atoms with E-state index in [9.17, 15) is 9.90 Å². The predicted octanol–water partition coefficient (Wildman–Crippen LogP) is 2.54. The van der Waals surface area contributed by atoms with E-state index in [-0.39, 0.29) is 24.1 Å². The van der Waals surface area contributed by atoms with E-state index in [1.54, 1.807) is 11.3 Å². The highest BCUT2D eigenvalue weighted by atomic mass is 32.1. The Morgan fingerprint density at radius 3 is 2.52 bits per heavy atom. The van der Waals surface area contributed by atoms with Crippen LogP contribution in [0.15, 0.2) is 12.1 Å². The van der Waals surface area contributed by atoms with E-state index in [1.807, 2.05) is 27.7 Å². The van der Waals surface area contributed by atoms with Crippen molar-refractivity contribution in [1.82, 2.24) is 10.2 Å². The number of carbonyl (C=O) groups excluding carboxylic acids is 1. The van der Waals surface area contributed by atoms with E-state index >= 15 is 0 Å². The Morgan fingerprint density at radius 2 is 2.10 bits per heavy atom. The van der Waals surface area contributed by atoms with Crippen LogP contribution in [0.2, 0.25) is 0 Å². The summed E-state index contributed by atoms with van der Waals surface area (Å²) in [6.45, 7) is 11.3. The molecule has 21 heavy (non-hydrogen) atoms. The molecule has 4 nitrogen and oxygen atoms in total. The second-order valence-electron chi connectivity index (χ2n) is 6.37. The molecule has 0 aromatic carbocycles. The van der Waals surface area contributed by atoms with Crippen LogP contribution >= 0.6 is 11.3 Å². The van der Waals surface area contributed by atoms with Crippen molar-refractivity contribution >= 4 is 17.2 Å². The lowest BCUT2D eigenvalue weighted by molar-refractivity contribution is -0.128. The van der Waals surface area contributed by atoms with Crippen LogP contribution in [-0.2, 0) is 11.3 Å². The number of nitrogens with one attached hydrogen (secondary N) is 1. The quantitative estimate of drug-likeness (QED) is 0.813. The number of thiophene rings is 1. The Bertz CT molecular complexity index is 451. The van der Waals surface area contributed by atoms with Gasteiger partial charge in [0.1, 0.15) is 0 Å². The molecule has 0 spiro atoms. The number of aliphatic hydroxyl groups excluding tert-OH is 1. The van der Waals surface area contributed by atoms with Crippen LogP contribution < -0.4 is 5.32 Å². The molecule has 1 rings (SSSR count). The molecule has 1 aromatic heterocycles. The van der Waals surface area contributed by atoms with Crippen LogP contribution in [-0.4, -0.2) is 40.6 Å². The topological polar surface area (TPSA) is 52.6 Å². The summed E-state index contributed by atoms with van der Waals surface area (Å²) in [4.78, 5) is 17.0. The average molecular weight is 312 g/mol. The predicted molar refractivity (Wildman–Crippen MR) is 88.5 cm³/mol. The third-order valence-electron chi connectivity index (χ3n) is 3.17. The van der Waals surface area contributed by atoms with Crippen molar-refractivity contribution in [3.8, 4) is 0 Å². The molecular weight excluding hydrogens is 284 g/mol.